The first kappa shape index (κ1) is 15.6. The van der Waals surface area contributed by atoms with Gasteiger partial charge in [0, 0.05) is 5.56 Å². The third-order valence-corrected chi connectivity index (χ3v) is 3.06. The van der Waals surface area contributed by atoms with Crippen molar-refractivity contribution in [3.8, 4) is 11.5 Å². The monoisotopic (exact) mass is 300 g/mol. The quantitative estimate of drug-likeness (QED) is 0.606. The molecule has 0 atom stereocenters. The minimum Gasteiger partial charge on any atom is -0.496 e. The summed E-state index contributed by atoms with van der Waals surface area (Å²) in [6.07, 6.45) is 0. The molecule has 5 nitrogen and oxygen atoms in total. The molecule has 0 aliphatic heterocycles. The van der Waals surface area contributed by atoms with Crippen LogP contribution in [0.2, 0.25) is 0 Å². The molecular formula is C17H16O5. The van der Waals surface area contributed by atoms with Crippen LogP contribution in [0.15, 0.2) is 48.5 Å². The van der Waals surface area contributed by atoms with Gasteiger partial charge in [-0.15, -0.1) is 0 Å². The van der Waals surface area contributed by atoms with Gasteiger partial charge in [0.15, 0.2) is 12.4 Å². The van der Waals surface area contributed by atoms with Crippen molar-refractivity contribution >= 4 is 11.8 Å². The predicted molar refractivity (Wildman–Crippen MR) is 80.6 cm³/mol. The number of hydrogen-bond donors (Lipinski definition) is 0. The molecule has 2 aromatic carbocycles. The maximum atomic E-state index is 12.2. The number of carbonyl (C=O) groups is 2. The molecule has 0 aliphatic carbocycles. The predicted octanol–water partition coefficient (Wildman–Crippen LogP) is 2.74. The zero-order valence-corrected chi connectivity index (χ0v) is 12.4. The van der Waals surface area contributed by atoms with Gasteiger partial charge in [-0.25, -0.2) is 4.79 Å². The Morgan fingerprint density at radius 1 is 0.864 bits per heavy atom. The molecule has 22 heavy (non-hydrogen) atoms. The van der Waals surface area contributed by atoms with Gasteiger partial charge >= 0.3 is 5.97 Å². The highest BCUT2D eigenvalue weighted by Gasteiger charge is 2.20. The summed E-state index contributed by atoms with van der Waals surface area (Å²) < 4.78 is 15.4. The molecule has 0 aliphatic rings. The molecule has 0 spiro atoms. The Balaban J connectivity index is 2.12. The Morgan fingerprint density at radius 3 is 2.00 bits per heavy atom. The van der Waals surface area contributed by atoms with E-state index < -0.39 is 5.97 Å². The number of ketones is 1. The van der Waals surface area contributed by atoms with E-state index in [1.54, 1.807) is 42.5 Å². The second-order valence-corrected chi connectivity index (χ2v) is 4.40. The number of rotatable bonds is 6. The number of benzene rings is 2. The van der Waals surface area contributed by atoms with Crippen LogP contribution in [-0.4, -0.2) is 32.6 Å². The maximum Gasteiger partial charge on any atom is 0.346 e. The van der Waals surface area contributed by atoms with E-state index in [4.69, 9.17) is 14.2 Å². The van der Waals surface area contributed by atoms with E-state index in [1.165, 1.54) is 14.2 Å². The number of methoxy groups -OCH3 is 2. The molecule has 0 amide bonds. The molecule has 0 unspecified atom stereocenters. The average Bonchev–Trinajstić information content (AvgIpc) is 2.59. The van der Waals surface area contributed by atoms with Crippen LogP contribution in [0.3, 0.4) is 0 Å². The zero-order valence-electron chi connectivity index (χ0n) is 12.4. The summed E-state index contributed by atoms with van der Waals surface area (Å²) in [5.74, 6) is -0.283. The minimum absolute atomic E-state index is 0.161. The van der Waals surface area contributed by atoms with Gasteiger partial charge < -0.3 is 14.2 Å². The molecule has 0 bridgehead atoms. The lowest BCUT2D eigenvalue weighted by molar-refractivity contribution is 0.0468. The lowest BCUT2D eigenvalue weighted by Crippen LogP contribution is -2.15. The summed E-state index contributed by atoms with van der Waals surface area (Å²) in [5.41, 5.74) is 0.649. The Bertz CT molecular complexity index is 642. The van der Waals surface area contributed by atoms with Crippen LogP contribution in [0.5, 0.6) is 11.5 Å². The van der Waals surface area contributed by atoms with Crippen LogP contribution in [0, 0.1) is 0 Å². The summed E-state index contributed by atoms with van der Waals surface area (Å²) in [4.78, 5) is 24.2. The lowest BCUT2D eigenvalue weighted by atomic mass is 10.1. The number of esters is 1. The highest BCUT2D eigenvalue weighted by molar-refractivity contribution is 6.00. The van der Waals surface area contributed by atoms with E-state index >= 15 is 0 Å². The normalized spacial score (nSPS) is 9.91. The highest BCUT2D eigenvalue weighted by Crippen LogP contribution is 2.28. The van der Waals surface area contributed by atoms with E-state index in [2.05, 4.69) is 0 Å². The van der Waals surface area contributed by atoms with Gasteiger partial charge in [-0.2, -0.15) is 0 Å². The second kappa shape index (κ2) is 7.26. The lowest BCUT2D eigenvalue weighted by Gasteiger charge is -2.12. The van der Waals surface area contributed by atoms with Crippen LogP contribution in [0.1, 0.15) is 20.7 Å². The minimum atomic E-state index is -0.668. The Hall–Kier alpha value is -2.82. The van der Waals surface area contributed by atoms with Gasteiger partial charge in [0.05, 0.1) is 14.2 Å². The topological polar surface area (TPSA) is 61.8 Å². The molecule has 0 heterocycles. The first-order valence-corrected chi connectivity index (χ1v) is 6.63. The van der Waals surface area contributed by atoms with E-state index in [-0.39, 0.29) is 18.0 Å². The van der Waals surface area contributed by atoms with Gasteiger partial charge in [-0.1, -0.05) is 36.4 Å². The Labute approximate surface area is 128 Å². The van der Waals surface area contributed by atoms with Crippen molar-refractivity contribution in [2.75, 3.05) is 20.8 Å². The SMILES string of the molecule is COc1cccc(OC)c1C(=O)OCC(=O)c1ccccc1. The fourth-order valence-electron chi connectivity index (χ4n) is 1.96. The fourth-order valence-corrected chi connectivity index (χ4v) is 1.96. The maximum absolute atomic E-state index is 12.2. The standard InChI is InChI=1S/C17H16O5/c1-20-14-9-6-10-15(21-2)16(14)17(19)22-11-13(18)12-7-4-3-5-8-12/h3-10H,11H2,1-2H3. The average molecular weight is 300 g/mol. The first-order valence-electron chi connectivity index (χ1n) is 6.63. The van der Waals surface area contributed by atoms with E-state index in [0.29, 0.717) is 17.1 Å². The number of ether oxygens (including phenoxy) is 3. The summed E-state index contributed by atoms with van der Waals surface area (Å²) in [5, 5.41) is 0. The summed E-state index contributed by atoms with van der Waals surface area (Å²) in [6.45, 7) is -0.343. The first-order chi connectivity index (χ1) is 10.7. The molecule has 0 fully saturated rings. The molecule has 2 aromatic rings. The second-order valence-electron chi connectivity index (χ2n) is 4.40. The smallest absolute Gasteiger partial charge is 0.346 e. The van der Waals surface area contributed by atoms with Crippen LogP contribution in [0.25, 0.3) is 0 Å². The molecule has 0 radical (unpaired) electrons. The van der Waals surface area contributed by atoms with Crippen molar-refractivity contribution in [3.05, 3.63) is 59.7 Å². The van der Waals surface area contributed by atoms with Gasteiger partial charge in [-0.3, -0.25) is 4.79 Å². The van der Waals surface area contributed by atoms with Crippen molar-refractivity contribution in [3.63, 3.8) is 0 Å². The summed E-state index contributed by atoms with van der Waals surface area (Å²) in [6, 6.07) is 13.6. The molecule has 5 heteroatoms. The number of hydrogen-bond acceptors (Lipinski definition) is 5. The van der Waals surface area contributed by atoms with Gasteiger partial charge in [0.1, 0.15) is 17.1 Å². The van der Waals surface area contributed by atoms with Gasteiger partial charge in [0.2, 0.25) is 0 Å². The molecule has 0 N–H and O–H groups in total. The molecule has 0 aromatic heterocycles. The van der Waals surface area contributed by atoms with E-state index in [0.717, 1.165) is 0 Å². The summed E-state index contributed by atoms with van der Waals surface area (Å²) in [7, 11) is 2.89. The van der Waals surface area contributed by atoms with E-state index in [1.807, 2.05) is 6.07 Å². The van der Waals surface area contributed by atoms with Crippen LogP contribution in [-0.2, 0) is 4.74 Å². The number of Topliss-reactive ketones (excluding diaryl/α,β-unsaturated/α-hetero) is 1. The van der Waals surface area contributed by atoms with Crippen LogP contribution >= 0.6 is 0 Å². The molecule has 0 saturated heterocycles. The van der Waals surface area contributed by atoms with Crippen molar-refractivity contribution in [2.24, 2.45) is 0 Å². The fraction of sp³-hybridized carbons (Fsp3) is 0.176. The molecule has 0 saturated carbocycles. The molecule has 2 rings (SSSR count). The van der Waals surface area contributed by atoms with E-state index in [9.17, 15) is 9.59 Å². The third kappa shape index (κ3) is 3.44. The Kier molecular flexibility index (Phi) is 5.14. The molecule has 114 valence electrons. The van der Waals surface area contributed by atoms with Crippen LogP contribution < -0.4 is 9.47 Å². The Morgan fingerprint density at radius 2 is 1.45 bits per heavy atom. The number of carbonyl (C=O) groups excluding carboxylic acids is 2. The van der Waals surface area contributed by atoms with Crippen molar-refractivity contribution in [2.45, 2.75) is 0 Å². The van der Waals surface area contributed by atoms with Crippen LogP contribution in [0.4, 0.5) is 0 Å². The largest absolute Gasteiger partial charge is 0.496 e. The summed E-state index contributed by atoms with van der Waals surface area (Å²) >= 11 is 0. The van der Waals surface area contributed by atoms with Crippen molar-refractivity contribution < 1.29 is 23.8 Å². The molecular weight excluding hydrogens is 284 g/mol. The van der Waals surface area contributed by atoms with Gasteiger partial charge in [0.25, 0.3) is 0 Å². The third-order valence-electron chi connectivity index (χ3n) is 3.06. The zero-order chi connectivity index (χ0) is 15.9. The van der Waals surface area contributed by atoms with Crippen molar-refractivity contribution in [1.82, 2.24) is 0 Å². The van der Waals surface area contributed by atoms with Crippen molar-refractivity contribution in [1.29, 1.82) is 0 Å². The highest BCUT2D eigenvalue weighted by atomic mass is 16.5. The van der Waals surface area contributed by atoms with Gasteiger partial charge in [-0.05, 0) is 12.1 Å².